The quantitative estimate of drug-likeness (QED) is 0.630. The third-order valence-corrected chi connectivity index (χ3v) is 2.94. The van der Waals surface area contributed by atoms with Gasteiger partial charge in [-0.2, -0.15) is 15.0 Å². The summed E-state index contributed by atoms with van der Waals surface area (Å²) in [7, 11) is 0. The highest BCUT2D eigenvalue weighted by Gasteiger charge is 2.12. The number of rotatable bonds is 9. The second-order valence-electron chi connectivity index (χ2n) is 4.54. The van der Waals surface area contributed by atoms with Gasteiger partial charge >= 0.3 is 0 Å². The van der Waals surface area contributed by atoms with E-state index < -0.39 is 0 Å². The predicted molar refractivity (Wildman–Crippen MR) is 82.3 cm³/mol. The number of anilines is 3. The number of hydrogen-bond donors (Lipinski definition) is 3. The largest absolute Gasteiger partial charge is 0.396 e. The van der Waals surface area contributed by atoms with Gasteiger partial charge in [0.2, 0.25) is 17.8 Å². The third kappa shape index (κ3) is 4.80. The Balaban J connectivity index is 2.97. The SMILES string of the molecule is CCNc1nc(NC(C)CCO)nc(N(CC)CC)n1. The topological polar surface area (TPSA) is 86.2 Å². The molecule has 3 N–H and O–H groups in total. The lowest BCUT2D eigenvalue weighted by atomic mass is 10.2. The Morgan fingerprint density at radius 1 is 1.10 bits per heavy atom. The average Bonchev–Trinajstić information content (AvgIpc) is 2.40. The molecule has 0 radical (unpaired) electrons. The van der Waals surface area contributed by atoms with Crippen LogP contribution in [0.25, 0.3) is 0 Å². The Morgan fingerprint density at radius 2 is 1.75 bits per heavy atom. The van der Waals surface area contributed by atoms with Crippen LogP contribution in [0, 0.1) is 0 Å². The van der Waals surface area contributed by atoms with Crippen molar-refractivity contribution in [1.82, 2.24) is 15.0 Å². The van der Waals surface area contributed by atoms with Crippen LogP contribution in [-0.2, 0) is 0 Å². The molecule has 1 atom stereocenters. The zero-order valence-corrected chi connectivity index (χ0v) is 12.8. The number of hydrogen-bond acceptors (Lipinski definition) is 7. The van der Waals surface area contributed by atoms with Crippen LogP contribution < -0.4 is 15.5 Å². The molecule has 0 aliphatic heterocycles. The molecular formula is C13H26N6O. The van der Waals surface area contributed by atoms with Crippen LogP contribution in [0.1, 0.15) is 34.1 Å². The first-order valence-electron chi connectivity index (χ1n) is 7.26. The van der Waals surface area contributed by atoms with Crippen molar-refractivity contribution in [1.29, 1.82) is 0 Å². The summed E-state index contributed by atoms with van der Waals surface area (Å²) in [5.41, 5.74) is 0. The Labute approximate surface area is 120 Å². The Morgan fingerprint density at radius 3 is 2.30 bits per heavy atom. The van der Waals surface area contributed by atoms with Crippen molar-refractivity contribution in [3.63, 3.8) is 0 Å². The molecule has 1 unspecified atom stereocenters. The standard InChI is InChI=1S/C13H26N6O/c1-5-14-11-16-12(15-10(4)8-9-20)18-13(17-11)19(6-2)7-3/h10,20H,5-9H2,1-4H3,(H2,14,15,16,17,18). The maximum absolute atomic E-state index is 8.96. The second kappa shape index (κ2) is 8.52. The summed E-state index contributed by atoms with van der Waals surface area (Å²) in [5.74, 6) is 1.78. The lowest BCUT2D eigenvalue weighted by molar-refractivity contribution is 0.282. The summed E-state index contributed by atoms with van der Waals surface area (Å²) >= 11 is 0. The molecule has 1 heterocycles. The molecule has 7 nitrogen and oxygen atoms in total. The van der Waals surface area contributed by atoms with Gasteiger partial charge in [0.15, 0.2) is 0 Å². The third-order valence-electron chi connectivity index (χ3n) is 2.94. The van der Waals surface area contributed by atoms with Gasteiger partial charge in [-0.15, -0.1) is 0 Å². The monoisotopic (exact) mass is 282 g/mol. The molecule has 0 aromatic carbocycles. The molecule has 0 saturated heterocycles. The minimum absolute atomic E-state index is 0.112. The molecule has 1 aromatic heterocycles. The Kier molecular flexibility index (Phi) is 7.00. The molecule has 1 rings (SSSR count). The highest BCUT2D eigenvalue weighted by molar-refractivity contribution is 5.44. The van der Waals surface area contributed by atoms with E-state index in [1.807, 2.05) is 13.8 Å². The van der Waals surface area contributed by atoms with E-state index in [1.165, 1.54) is 0 Å². The van der Waals surface area contributed by atoms with Crippen molar-refractivity contribution in [2.75, 3.05) is 41.8 Å². The zero-order chi connectivity index (χ0) is 15.0. The predicted octanol–water partition coefficient (Wildman–Crippen LogP) is 1.33. The zero-order valence-electron chi connectivity index (χ0n) is 12.8. The van der Waals surface area contributed by atoms with Gasteiger partial charge in [-0.1, -0.05) is 0 Å². The van der Waals surface area contributed by atoms with Crippen LogP contribution in [0.15, 0.2) is 0 Å². The van der Waals surface area contributed by atoms with Gasteiger partial charge in [0, 0.05) is 32.3 Å². The molecule has 0 amide bonds. The second-order valence-corrected chi connectivity index (χ2v) is 4.54. The fraction of sp³-hybridized carbons (Fsp3) is 0.769. The van der Waals surface area contributed by atoms with Gasteiger partial charge in [-0.25, -0.2) is 0 Å². The molecule has 20 heavy (non-hydrogen) atoms. The van der Waals surface area contributed by atoms with Crippen LogP contribution in [0.5, 0.6) is 0 Å². The normalized spacial score (nSPS) is 12.1. The summed E-state index contributed by atoms with van der Waals surface area (Å²) < 4.78 is 0. The molecular weight excluding hydrogens is 256 g/mol. The smallest absolute Gasteiger partial charge is 0.231 e. The lowest BCUT2D eigenvalue weighted by Crippen LogP contribution is -2.26. The van der Waals surface area contributed by atoms with Gasteiger partial charge in [0.25, 0.3) is 0 Å². The summed E-state index contributed by atoms with van der Waals surface area (Å²) in [4.78, 5) is 15.3. The fourth-order valence-electron chi connectivity index (χ4n) is 1.80. The number of aromatic nitrogens is 3. The van der Waals surface area contributed by atoms with E-state index in [0.717, 1.165) is 19.6 Å². The van der Waals surface area contributed by atoms with E-state index in [0.29, 0.717) is 24.3 Å². The molecule has 7 heteroatoms. The average molecular weight is 282 g/mol. The number of nitrogens with zero attached hydrogens (tertiary/aromatic N) is 4. The van der Waals surface area contributed by atoms with Gasteiger partial charge < -0.3 is 20.6 Å². The van der Waals surface area contributed by atoms with E-state index in [1.54, 1.807) is 0 Å². The van der Waals surface area contributed by atoms with E-state index >= 15 is 0 Å². The molecule has 0 saturated carbocycles. The van der Waals surface area contributed by atoms with Crippen LogP contribution in [0.4, 0.5) is 17.8 Å². The number of nitrogens with one attached hydrogen (secondary N) is 2. The first kappa shape index (κ1) is 16.4. The van der Waals surface area contributed by atoms with Gasteiger partial charge in [0.05, 0.1) is 0 Å². The molecule has 0 aliphatic rings. The van der Waals surface area contributed by atoms with E-state index in [9.17, 15) is 0 Å². The van der Waals surface area contributed by atoms with E-state index in [4.69, 9.17) is 5.11 Å². The number of aliphatic hydroxyl groups excluding tert-OH is 1. The van der Waals surface area contributed by atoms with E-state index in [-0.39, 0.29) is 12.6 Å². The summed E-state index contributed by atoms with van der Waals surface area (Å²) in [5, 5.41) is 15.3. The molecule has 114 valence electrons. The maximum Gasteiger partial charge on any atom is 0.231 e. The minimum Gasteiger partial charge on any atom is -0.396 e. The lowest BCUT2D eigenvalue weighted by Gasteiger charge is -2.20. The highest BCUT2D eigenvalue weighted by Crippen LogP contribution is 2.14. The van der Waals surface area contributed by atoms with Crippen molar-refractivity contribution >= 4 is 17.8 Å². The molecule has 0 aliphatic carbocycles. The summed E-state index contributed by atoms with van der Waals surface area (Å²) in [6.07, 6.45) is 0.656. The first-order valence-corrected chi connectivity index (χ1v) is 7.26. The Bertz CT molecular complexity index is 396. The van der Waals surface area contributed by atoms with Crippen molar-refractivity contribution in [3.8, 4) is 0 Å². The first-order chi connectivity index (χ1) is 9.64. The van der Waals surface area contributed by atoms with Gasteiger partial charge in [-0.3, -0.25) is 0 Å². The van der Waals surface area contributed by atoms with Crippen molar-refractivity contribution in [2.24, 2.45) is 0 Å². The molecule has 0 bridgehead atoms. The van der Waals surface area contributed by atoms with Crippen LogP contribution in [-0.4, -0.2) is 52.3 Å². The van der Waals surface area contributed by atoms with Crippen LogP contribution in [0.3, 0.4) is 0 Å². The van der Waals surface area contributed by atoms with Crippen LogP contribution >= 0.6 is 0 Å². The van der Waals surface area contributed by atoms with Gasteiger partial charge in [0.1, 0.15) is 0 Å². The molecule has 1 aromatic rings. The summed E-state index contributed by atoms with van der Waals surface area (Å²) in [6.45, 7) is 10.7. The highest BCUT2D eigenvalue weighted by atomic mass is 16.3. The van der Waals surface area contributed by atoms with Crippen molar-refractivity contribution in [3.05, 3.63) is 0 Å². The van der Waals surface area contributed by atoms with Gasteiger partial charge in [-0.05, 0) is 34.1 Å². The molecule has 0 spiro atoms. The summed E-state index contributed by atoms with van der Waals surface area (Å²) in [6, 6.07) is 0.112. The number of aliphatic hydroxyl groups is 1. The van der Waals surface area contributed by atoms with Crippen molar-refractivity contribution in [2.45, 2.75) is 40.2 Å². The fourth-order valence-corrected chi connectivity index (χ4v) is 1.80. The Hall–Kier alpha value is -1.63. The van der Waals surface area contributed by atoms with E-state index in [2.05, 4.69) is 44.3 Å². The van der Waals surface area contributed by atoms with Crippen LogP contribution in [0.2, 0.25) is 0 Å². The van der Waals surface area contributed by atoms with Crippen molar-refractivity contribution < 1.29 is 5.11 Å². The molecule has 0 fully saturated rings. The maximum atomic E-state index is 8.96. The minimum atomic E-state index is 0.112.